The number of benzene rings is 1. The molecule has 1 aromatic heterocycles. The summed E-state index contributed by atoms with van der Waals surface area (Å²) in [6.07, 6.45) is 3.38. The zero-order valence-electron chi connectivity index (χ0n) is 12.2. The van der Waals surface area contributed by atoms with Crippen LogP contribution < -0.4 is 10.2 Å². The van der Waals surface area contributed by atoms with Crippen molar-refractivity contribution in [3.63, 3.8) is 0 Å². The summed E-state index contributed by atoms with van der Waals surface area (Å²) in [5, 5.41) is 4.00. The van der Waals surface area contributed by atoms with Gasteiger partial charge in [-0.3, -0.25) is 4.79 Å². The highest BCUT2D eigenvalue weighted by atomic mass is 16.1. The van der Waals surface area contributed by atoms with Crippen LogP contribution in [0.2, 0.25) is 0 Å². The van der Waals surface area contributed by atoms with E-state index in [1.807, 2.05) is 25.1 Å². The molecule has 0 radical (unpaired) electrons. The average molecular weight is 284 g/mol. The van der Waals surface area contributed by atoms with E-state index >= 15 is 0 Å². The minimum absolute atomic E-state index is 0.134. The van der Waals surface area contributed by atoms with E-state index in [0.717, 1.165) is 42.7 Å². The van der Waals surface area contributed by atoms with Gasteiger partial charge < -0.3 is 10.2 Å². The SMILES string of the molecule is CCNC(=O)C1CCN(c2ncnc3ccccc23)CC1. The molecule has 0 bridgehead atoms. The maximum Gasteiger partial charge on any atom is 0.223 e. The number of piperidine rings is 1. The Labute approximate surface area is 124 Å². The van der Waals surface area contributed by atoms with Gasteiger partial charge in [0.1, 0.15) is 12.1 Å². The molecule has 0 atom stereocenters. The smallest absolute Gasteiger partial charge is 0.223 e. The van der Waals surface area contributed by atoms with Gasteiger partial charge >= 0.3 is 0 Å². The summed E-state index contributed by atoms with van der Waals surface area (Å²) in [7, 11) is 0. The lowest BCUT2D eigenvalue weighted by molar-refractivity contribution is -0.125. The predicted octanol–water partition coefficient (Wildman–Crippen LogP) is 1.98. The maximum atomic E-state index is 11.9. The monoisotopic (exact) mass is 284 g/mol. The van der Waals surface area contributed by atoms with Crippen molar-refractivity contribution in [3.8, 4) is 0 Å². The molecule has 5 heteroatoms. The summed E-state index contributed by atoms with van der Waals surface area (Å²) >= 11 is 0. The molecular formula is C16H20N4O. The largest absolute Gasteiger partial charge is 0.356 e. The highest BCUT2D eigenvalue weighted by Crippen LogP contribution is 2.27. The summed E-state index contributed by atoms with van der Waals surface area (Å²) in [4.78, 5) is 22.9. The van der Waals surface area contributed by atoms with Gasteiger partial charge in [0.2, 0.25) is 5.91 Å². The number of rotatable bonds is 3. The second kappa shape index (κ2) is 6.08. The number of amides is 1. The number of fused-ring (bicyclic) bond motifs is 1. The predicted molar refractivity (Wildman–Crippen MR) is 83.2 cm³/mol. The lowest BCUT2D eigenvalue weighted by atomic mass is 9.95. The standard InChI is InChI=1S/C16H20N4O/c1-2-17-16(21)12-7-9-20(10-8-12)15-13-5-3-4-6-14(13)18-11-19-15/h3-6,11-12H,2,7-10H2,1H3,(H,17,21). The molecule has 1 amide bonds. The molecule has 3 rings (SSSR count). The van der Waals surface area contributed by atoms with Crippen molar-refractivity contribution < 1.29 is 4.79 Å². The first-order chi connectivity index (χ1) is 10.3. The second-order valence-corrected chi connectivity index (χ2v) is 5.37. The van der Waals surface area contributed by atoms with Crippen molar-refractivity contribution in [2.24, 2.45) is 5.92 Å². The fourth-order valence-corrected chi connectivity index (χ4v) is 2.91. The number of para-hydroxylation sites is 1. The fraction of sp³-hybridized carbons (Fsp3) is 0.438. The minimum atomic E-state index is 0.134. The third kappa shape index (κ3) is 2.82. The molecule has 0 saturated carbocycles. The number of anilines is 1. The first kappa shape index (κ1) is 13.8. The van der Waals surface area contributed by atoms with E-state index in [1.165, 1.54) is 0 Å². The van der Waals surface area contributed by atoms with Crippen LogP contribution in [0.1, 0.15) is 19.8 Å². The van der Waals surface area contributed by atoms with E-state index in [9.17, 15) is 4.79 Å². The molecular weight excluding hydrogens is 264 g/mol. The molecule has 2 heterocycles. The third-order valence-corrected chi connectivity index (χ3v) is 4.04. The number of hydrogen-bond acceptors (Lipinski definition) is 4. The number of carbonyl (C=O) groups is 1. The molecule has 1 aliphatic heterocycles. The Hall–Kier alpha value is -2.17. The number of carbonyl (C=O) groups excluding carboxylic acids is 1. The Kier molecular flexibility index (Phi) is 3.99. The van der Waals surface area contributed by atoms with E-state index in [-0.39, 0.29) is 11.8 Å². The molecule has 110 valence electrons. The lowest BCUT2D eigenvalue weighted by Gasteiger charge is -2.32. The number of nitrogens with one attached hydrogen (secondary N) is 1. The molecule has 21 heavy (non-hydrogen) atoms. The Bertz CT molecular complexity index is 630. The van der Waals surface area contributed by atoms with E-state index in [1.54, 1.807) is 6.33 Å². The van der Waals surface area contributed by atoms with Crippen molar-refractivity contribution >= 4 is 22.6 Å². The van der Waals surface area contributed by atoms with Crippen LogP contribution in [-0.4, -0.2) is 35.5 Å². The second-order valence-electron chi connectivity index (χ2n) is 5.37. The van der Waals surface area contributed by atoms with Crippen LogP contribution in [0.25, 0.3) is 10.9 Å². The first-order valence-corrected chi connectivity index (χ1v) is 7.52. The van der Waals surface area contributed by atoms with Gasteiger partial charge in [-0.25, -0.2) is 9.97 Å². The Morgan fingerprint density at radius 1 is 1.29 bits per heavy atom. The average Bonchev–Trinajstić information content (AvgIpc) is 2.55. The molecule has 1 saturated heterocycles. The summed E-state index contributed by atoms with van der Waals surface area (Å²) in [6.45, 7) is 4.39. The number of nitrogens with zero attached hydrogens (tertiary/aromatic N) is 3. The van der Waals surface area contributed by atoms with Gasteiger partial charge in [0.25, 0.3) is 0 Å². The van der Waals surface area contributed by atoms with Crippen LogP contribution in [0.4, 0.5) is 5.82 Å². The van der Waals surface area contributed by atoms with Crippen molar-refractivity contribution in [2.75, 3.05) is 24.5 Å². The minimum Gasteiger partial charge on any atom is -0.356 e. The Morgan fingerprint density at radius 2 is 2.05 bits per heavy atom. The van der Waals surface area contributed by atoms with Gasteiger partial charge in [-0.1, -0.05) is 12.1 Å². The topological polar surface area (TPSA) is 58.1 Å². The Balaban J connectivity index is 1.76. The molecule has 2 aromatic rings. The lowest BCUT2D eigenvalue weighted by Crippen LogP contribution is -2.40. The normalized spacial score (nSPS) is 16.1. The van der Waals surface area contributed by atoms with E-state index in [0.29, 0.717) is 6.54 Å². The summed E-state index contributed by atoms with van der Waals surface area (Å²) in [5.74, 6) is 1.30. The van der Waals surface area contributed by atoms with Crippen LogP contribution in [0, 0.1) is 5.92 Å². The van der Waals surface area contributed by atoms with E-state index in [2.05, 4.69) is 26.3 Å². The summed E-state index contributed by atoms with van der Waals surface area (Å²) < 4.78 is 0. The summed E-state index contributed by atoms with van der Waals surface area (Å²) in [5.41, 5.74) is 0.966. The van der Waals surface area contributed by atoms with Crippen LogP contribution in [0.15, 0.2) is 30.6 Å². The quantitative estimate of drug-likeness (QED) is 0.936. The van der Waals surface area contributed by atoms with Crippen LogP contribution in [-0.2, 0) is 4.79 Å². The summed E-state index contributed by atoms with van der Waals surface area (Å²) in [6, 6.07) is 8.06. The van der Waals surface area contributed by atoms with Gasteiger partial charge in [-0.05, 0) is 31.9 Å². The van der Waals surface area contributed by atoms with Gasteiger partial charge in [0.15, 0.2) is 0 Å². The van der Waals surface area contributed by atoms with Crippen LogP contribution in [0.3, 0.4) is 0 Å². The van der Waals surface area contributed by atoms with E-state index < -0.39 is 0 Å². The zero-order chi connectivity index (χ0) is 14.7. The fourth-order valence-electron chi connectivity index (χ4n) is 2.91. The van der Waals surface area contributed by atoms with Crippen LogP contribution >= 0.6 is 0 Å². The van der Waals surface area contributed by atoms with E-state index in [4.69, 9.17) is 0 Å². The van der Waals surface area contributed by atoms with Crippen LogP contribution in [0.5, 0.6) is 0 Å². The molecule has 1 aromatic carbocycles. The molecule has 1 fully saturated rings. The molecule has 1 N–H and O–H groups in total. The van der Waals surface area contributed by atoms with Crippen molar-refractivity contribution in [2.45, 2.75) is 19.8 Å². The number of aromatic nitrogens is 2. The third-order valence-electron chi connectivity index (χ3n) is 4.04. The van der Waals surface area contributed by atoms with Gasteiger partial charge in [0.05, 0.1) is 5.52 Å². The van der Waals surface area contributed by atoms with Crippen molar-refractivity contribution in [1.82, 2.24) is 15.3 Å². The molecule has 1 aliphatic rings. The maximum absolute atomic E-state index is 11.9. The Morgan fingerprint density at radius 3 is 2.81 bits per heavy atom. The van der Waals surface area contributed by atoms with Crippen molar-refractivity contribution in [1.29, 1.82) is 0 Å². The zero-order valence-corrected chi connectivity index (χ0v) is 12.2. The highest BCUT2D eigenvalue weighted by Gasteiger charge is 2.25. The number of hydrogen-bond donors (Lipinski definition) is 1. The molecule has 0 unspecified atom stereocenters. The van der Waals surface area contributed by atoms with Gasteiger partial charge in [0, 0.05) is 30.9 Å². The highest BCUT2D eigenvalue weighted by molar-refractivity contribution is 5.89. The molecule has 0 spiro atoms. The van der Waals surface area contributed by atoms with Gasteiger partial charge in [-0.2, -0.15) is 0 Å². The molecule has 5 nitrogen and oxygen atoms in total. The molecule has 0 aliphatic carbocycles. The van der Waals surface area contributed by atoms with Crippen molar-refractivity contribution in [3.05, 3.63) is 30.6 Å². The first-order valence-electron chi connectivity index (χ1n) is 7.52. The van der Waals surface area contributed by atoms with Gasteiger partial charge in [-0.15, -0.1) is 0 Å².